The van der Waals surface area contributed by atoms with E-state index in [1.807, 2.05) is 23.3 Å². The van der Waals surface area contributed by atoms with Crippen LogP contribution >= 0.6 is 0 Å². The second-order valence-electron chi connectivity index (χ2n) is 1.76. The molecular formula is C6H8N3+. The molecular weight excluding hydrogens is 114 g/mol. The van der Waals surface area contributed by atoms with Crippen molar-refractivity contribution >= 4 is 0 Å². The molecule has 0 aromatic carbocycles. The van der Waals surface area contributed by atoms with Gasteiger partial charge in [0.1, 0.15) is 18.9 Å². The van der Waals surface area contributed by atoms with Crippen LogP contribution < -0.4 is 4.57 Å². The van der Waals surface area contributed by atoms with Crippen LogP contribution in [-0.2, 0) is 6.54 Å². The molecule has 3 heteroatoms. The maximum absolute atomic E-state index is 8.19. The summed E-state index contributed by atoms with van der Waals surface area (Å²) in [5.74, 6) is 0. The van der Waals surface area contributed by atoms with E-state index in [0.29, 0.717) is 6.42 Å². The molecule has 0 atom stereocenters. The number of aryl methyl sites for hydroxylation is 1. The first-order valence-electron chi connectivity index (χ1n) is 2.82. The van der Waals surface area contributed by atoms with Crippen molar-refractivity contribution in [2.75, 3.05) is 0 Å². The Bertz CT molecular complexity index is 195. The van der Waals surface area contributed by atoms with Crippen LogP contribution in [0.5, 0.6) is 0 Å². The van der Waals surface area contributed by atoms with E-state index in [2.05, 4.69) is 11.1 Å². The van der Waals surface area contributed by atoms with E-state index in [0.717, 1.165) is 6.54 Å². The molecule has 3 nitrogen and oxygen atoms in total. The molecule has 0 aliphatic carbocycles. The number of hydrogen-bond donors (Lipinski definition) is 1. The molecule has 9 heavy (non-hydrogen) atoms. The summed E-state index contributed by atoms with van der Waals surface area (Å²) in [7, 11) is 0. The van der Waals surface area contributed by atoms with Crippen LogP contribution in [0.4, 0.5) is 0 Å². The molecule has 0 saturated carbocycles. The average molecular weight is 122 g/mol. The highest BCUT2D eigenvalue weighted by Gasteiger charge is 1.92. The van der Waals surface area contributed by atoms with Crippen LogP contribution in [-0.4, -0.2) is 4.98 Å². The monoisotopic (exact) mass is 122 g/mol. The molecule has 46 valence electrons. The zero-order valence-electron chi connectivity index (χ0n) is 5.04. The van der Waals surface area contributed by atoms with Crippen molar-refractivity contribution in [2.45, 2.75) is 13.0 Å². The Labute approximate surface area is 53.6 Å². The summed E-state index contributed by atoms with van der Waals surface area (Å²) < 4.78 is 1.93. The summed E-state index contributed by atoms with van der Waals surface area (Å²) in [4.78, 5) is 2.89. The van der Waals surface area contributed by atoms with Gasteiger partial charge in [-0.25, -0.2) is 4.57 Å². The second-order valence-corrected chi connectivity index (χ2v) is 1.76. The Balaban J connectivity index is 2.41. The predicted molar refractivity (Wildman–Crippen MR) is 31.2 cm³/mol. The number of nitriles is 1. The molecule has 1 aromatic rings. The van der Waals surface area contributed by atoms with Gasteiger partial charge in [0.25, 0.3) is 0 Å². The molecule has 0 spiro atoms. The van der Waals surface area contributed by atoms with Gasteiger partial charge in [0.15, 0.2) is 0 Å². The topological polar surface area (TPSA) is 43.5 Å². The normalized spacial score (nSPS) is 8.78. The Morgan fingerprint density at radius 3 is 3.11 bits per heavy atom. The molecule has 0 aliphatic rings. The summed E-state index contributed by atoms with van der Waals surface area (Å²) in [5, 5.41) is 8.19. The third kappa shape index (κ3) is 1.57. The van der Waals surface area contributed by atoms with Crippen molar-refractivity contribution in [3.63, 3.8) is 0 Å². The third-order valence-corrected chi connectivity index (χ3v) is 1.08. The highest BCUT2D eigenvalue weighted by atomic mass is 15.0. The first-order chi connectivity index (χ1) is 4.43. The molecule has 0 bridgehead atoms. The van der Waals surface area contributed by atoms with Crippen molar-refractivity contribution in [2.24, 2.45) is 0 Å². The summed E-state index contributed by atoms with van der Waals surface area (Å²) in [6, 6.07) is 2.07. The molecule has 0 amide bonds. The lowest BCUT2D eigenvalue weighted by atomic mass is 10.5. The largest absolute Gasteiger partial charge is 0.250 e. The van der Waals surface area contributed by atoms with Gasteiger partial charge in [-0.1, -0.05) is 0 Å². The summed E-state index contributed by atoms with van der Waals surface area (Å²) in [6.45, 7) is 0.778. The van der Waals surface area contributed by atoms with Gasteiger partial charge in [-0.3, -0.25) is 4.98 Å². The van der Waals surface area contributed by atoms with Gasteiger partial charge in [0.05, 0.1) is 12.5 Å². The molecule has 1 aromatic heterocycles. The lowest BCUT2D eigenvalue weighted by molar-refractivity contribution is -0.694. The zero-order chi connectivity index (χ0) is 6.53. The van der Waals surface area contributed by atoms with E-state index in [9.17, 15) is 0 Å². The quantitative estimate of drug-likeness (QED) is 0.560. The maximum Gasteiger partial charge on any atom is 0.241 e. The molecule has 1 rings (SSSR count). The Kier molecular flexibility index (Phi) is 1.86. The van der Waals surface area contributed by atoms with Crippen molar-refractivity contribution in [3.05, 3.63) is 18.7 Å². The highest BCUT2D eigenvalue weighted by Crippen LogP contribution is 1.74. The number of hydrogen-bond acceptors (Lipinski definition) is 1. The second kappa shape index (κ2) is 2.88. The number of aromatic nitrogens is 2. The van der Waals surface area contributed by atoms with Crippen LogP contribution in [0, 0.1) is 11.3 Å². The minimum Gasteiger partial charge on any atom is -0.250 e. The molecule has 0 unspecified atom stereocenters. The molecule has 0 fully saturated rings. The molecule has 0 radical (unpaired) electrons. The van der Waals surface area contributed by atoms with Gasteiger partial charge in [0.2, 0.25) is 6.33 Å². The molecule has 1 N–H and O–H groups in total. The smallest absolute Gasteiger partial charge is 0.241 e. The third-order valence-electron chi connectivity index (χ3n) is 1.08. The van der Waals surface area contributed by atoms with Gasteiger partial charge in [-0.05, 0) is 0 Å². The molecule has 1 heterocycles. The van der Waals surface area contributed by atoms with Crippen molar-refractivity contribution < 1.29 is 4.57 Å². The first kappa shape index (κ1) is 5.83. The van der Waals surface area contributed by atoms with E-state index >= 15 is 0 Å². The summed E-state index contributed by atoms with van der Waals surface area (Å²) >= 11 is 0. The number of rotatable bonds is 2. The molecule has 0 aliphatic heterocycles. The SMILES string of the molecule is N#CCC[n+]1cc[nH]c1. The van der Waals surface area contributed by atoms with E-state index < -0.39 is 0 Å². The van der Waals surface area contributed by atoms with E-state index in [4.69, 9.17) is 5.26 Å². The maximum atomic E-state index is 8.19. The van der Waals surface area contributed by atoms with Crippen LogP contribution in [0.25, 0.3) is 0 Å². The zero-order valence-corrected chi connectivity index (χ0v) is 5.04. The van der Waals surface area contributed by atoms with Crippen LogP contribution in [0.3, 0.4) is 0 Å². The highest BCUT2D eigenvalue weighted by molar-refractivity contribution is 4.65. The van der Waals surface area contributed by atoms with Gasteiger partial charge < -0.3 is 0 Å². The number of nitrogens with zero attached hydrogens (tertiary/aromatic N) is 2. The van der Waals surface area contributed by atoms with Crippen LogP contribution in [0.2, 0.25) is 0 Å². The summed E-state index contributed by atoms with van der Waals surface area (Å²) in [5.41, 5.74) is 0. The lowest BCUT2D eigenvalue weighted by Gasteiger charge is -1.84. The minimum atomic E-state index is 0.572. The van der Waals surface area contributed by atoms with Crippen LogP contribution in [0.1, 0.15) is 6.42 Å². The van der Waals surface area contributed by atoms with Crippen LogP contribution in [0.15, 0.2) is 18.7 Å². The standard InChI is InChI=1S/C6H7N3/c7-2-1-4-9-5-3-8-6-9/h3,5-6H,1,4H2/p+1. The number of imidazole rings is 1. The lowest BCUT2D eigenvalue weighted by Crippen LogP contribution is -2.29. The number of nitrogens with one attached hydrogen (secondary N) is 1. The fourth-order valence-electron chi connectivity index (χ4n) is 0.639. The minimum absolute atomic E-state index is 0.572. The summed E-state index contributed by atoms with van der Waals surface area (Å²) in [6.07, 6.45) is 6.13. The van der Waals surface area contributed by atoms with Gasteiger partial charge in [-0.2, -0.15) is 5.26 Å². The van der Waals surface area contributed by atoms with Gasteiger partial charge >= 0.3 is 0 Å². The van der Waals surface area contributed by atoms with E-state index in [1.54, 1.807) is 0 Å². The fourth-order valence-corrected chi connectivity index (χ4v) is 0.639. The Hall–Kier alpha value is -1.30. The van der Waals surface area contributed by atoms with Crippen molar-refractivity contribution in [3.8, 4) is 6.07 Å². The predicted octanol–water partition coefficient (Wildman–Crippen LogP) is 0.216. The van der Waals surface area contributed by atoms with Crippen molar-refractivity contribution in [1.29, 1.82) is 5.26 Å². The first-order valence-corrected chi connectivity index (χ1v) is 2.82. The Morgan fingerprint density at radius 1 is 1.67 bits per heavy atom. The molecule has 0 saturated heterocycles. The van der Waals surface area contributed by atoms with E-state index in [1.165, 1.54) is 0 Å². The number of aromatic amines is 1. The van der Waals surface area contributed by atoms with Crippen molar-refractivity contribution in [1.82, 2.24) is 4.98 Å². The van der Waals surface area contributed by atoms with E-state index in [-0.39, 0.29) is 0 Å². The van der Waals surface area contributed by atoms with Gasteiger partial charge in [0, 0.05) is 0 Å². The van der Waals surface area contributed by atoms with Gasteiger partial charge in [-0.15, -0.1) is 0 Å². The Morgan fingerprint density at radius 2 is 2.56 bits per heavy atom. The average Bonchev–Trinajstić information content (AvgIpc) is 2.34. The fraction of sp³-hybridized carbons (Fsp3) is 0.333. The number of H-pyrrole nitrogens is 1.